The van der Waals surface area contributed by atoms with Crippen molar-refractivity contribution in [3.05, 3.63) is 29.8 Å². The van der Waals surface area contributed by atoms with E-state index < -0.39 is 0 Å². The Morgan fingerprint density at radius 3 is 2.21 bits per heavy atom. The molecular formula is C19H26N2O3. The summed E-state index contributed by atoms with van der Waals surface area (Å²) in [5.41, 5.74) is 0.637. The Bertz CT molecular complexity index is 571. The van der Waals surface area contributed by atoms with Gasteiger partial charge >= 0.3 is 6.03 Å². The summed E-state index contributed by atoms with van der Waals surface area (Å²) in [6.07, 6.45) is 7.26. The molecule has 1 saturated carbocycles. The Hall–Kier alpha value is -2.04. The van der Waals surface area contributed by atoms with Crippen molar-refractivity contribution in [1.82, 2.24) is 10.2 Å². The van der Waals surface area contributed by atoms with Gasteiger partial charge in [-0.3, -0.25) is 4.79 Å². The van der Waals surface area contributed by atoms with Gasteiger partial charge in [0.2, 0.25) is 0 Å². The molecule has 0 spiro atoms. The first-order valence-corrected chi connectivity index (χ1v) is 9.02. The number of likely N-dealkylation sites (tertiary alicyclic amines) is 1. The number of carbonyl (C=O) groups excluding carboxylic acids is 2. The van der Waals surface area contributed by atoms with Crippen LogP contribution in [0.5, 0.6) is 5.75 Å². The van der Waals surface area contributed by atoms with E-state index in [-0.39, 0.29) is 23.5 Å². The number of amides is 2. The minimum Gasteiger partial charge on any atom is -0.508 e. The third kappa shape index (κ3) is 4.08. The minimum absolute atomic E-state index is 0.0254. The van der Waals surface area contributed by atoms with Gasteiger partial charge in [-0.1, -0.05) is 19.3 Å². The highest BCUT2D eigenvalue weighted by Crippen LogP contribution is 2.23. The molecule has 3 rings (SSSR count). The monoisotopic (exact) mass is 330 g/mol. The average Bonchev–Trinajstić information content (AvgIpc) is 2.63. The number of Topliss-reactive ketones (excluding diaryl/α,β-unsaturated/α-hetero) is 1. The zero-order valence-corrected chi connectivity index (χ0v) is 14.0. The first kappa shape index (κ1) is 16.8. The third-order valence-corrected chi connectivity index (χ3v) is 5.24. The molecule has 1 aliphatic carbocycles. The van der Waals surface area contributed by atoms with Crippen molar-refractivity contribution in [3.63, 3.8) is 0 Å². The quantitative estimate of drug-likeness (QED) is 0.835. The van der Waals surface area contributed by atoms with E-state index in [1.807, 2.05) is 4.90 Å². The van der Waals surface area contributed by atoms with Gasteiger partial charge in [-0.15, -0.1) is 0 Å². The number of hydrogen-bond donors (Lipinski definition) is 2. The lowest BCUT2D eigenvalue weighted by atomic mass is 9.89. The average molecular weight is 330 g/mol. The molecule has 0 bridgehead atoms. The van der Waals surface area contributed by atoms with E-state index in [1.165, 1.54) is 19.3 Å². The maximum Gasteiger partial charge on any atom is 0.317 e. The number of phenols is 1. The number of benzene rings is 1. The van der Waals surface area contributed by atoms with Gasteiger partial charge in [0.05, 0.1) is 0 Å². The van der Waals surface area contributed by atoms with Crippen LogP contribution in [0.2, 0.25) is 0 Å². The van der Waals surface area contributed by atoms with Gasteiger partial charge in [0.15, 0.2) is 5.78 Å². The molecule has 1 heterocycles. The molecule has 2 fully saturated rings. The third-order valence-electron chi connectivity index (χ3n) is 5.24. The maximum atomic E-state index is 12.5. The summed E-state index contributed by atoms with van der Waals surface area (Å²) in [5.74, 6) is 0.247. The second-order valence-electron chi connectivity index (χ2n) is 6.96. The molecule has 1 saturated heterocycles. The summed E-state index contributed by atoms with van der Waals surface area (Å²) in [6, 6.07) is 6.76. The second-order valence-corrected chi connectivity index (χ2v) is 6.96. The lowest BCUT2D eigenvalue weighted by Gasteiger charge is -2.33. The van der Waals surface area contributed by atoms with Crippen molar-refractivity contribution in [3.8, 4) is 5.75 Å². The van der Waals surface area contributed by atoms with Gasteiger partial charge in [-0.05, 0) is 49.9 Å². The summed E-state index contributed by atoms with van der Waals surface area (Å²) in [5, 5.41) is 12.5. The number of hydrogen-bond acceptors (Lipinski definition) is 3. The fourth-order valence-electron chi connectivity index (χ4n) is 3.72. The number of nitrogens with zero attached hydrogens (tertiary/aromatic N) is 1. The topological polar surface area (TPSA) is 69.6 Å². The molecular weight excluding hydrogens is 304 g/mol. The minimum atomic E-state index is -0.0340. The number of rotatable bonds is 3. The summed E-state index contributed by atoms with van der Waals surface area (Å²) in [4.78, 5) is 26.7. The van der Waals surface area contributed by atoms with Crippen molar-refractivity contribution < 1.29 is 14.7 Å². The molecule has 5 heteroatoms. The number of piperidine rings is 1. The molecule has 130 valence electrons. The van der Waals surface area contributed by atoms with Crippen LogP contribution in [-0.2, 0) is 0 Å². The Morgan fingerprint density at radius 2 is 1.58 bits per heavy atom. The van der Waals surface area contributed by atoms with Crippen molar-refractivity contribution in [1.29, 1.82) is 0 Å². The summed E-state index contributed by atoms with van der Waals surface area (Å²) in [7, 11) is 0. The Labute approximate surface area is 143 Å². The van der Waals surface area contributed by atoms with Crippen molar-refractivity contribution in [2.45, 2.75) is 51.0 Å². The largest absolute Gasteiger partial charge is 0.508 e. The van der Waals surface area contributed by atoms with E-state index in [0.29, 0.717) is 37.5 Å². The summed E-state index contributed by atoms with van der Waals surface area (Å²) >= 11 is 0. The van der Waals surface area contributed by atoms with Crippen molar-refractivity contribution in [2.75, 3.05) is 13.1 Å². The number of carbonyl (C=O) groups is 2. The molecule has 0 aromatic heterocycles. The zero-order valence-electron chi connectivity index (χ0n) is 14.0. The highest BCUT2D eigenvalue weighted by atomic mass is 16.3. The van der Waals surface area contributed by atoms with Gasteiger partial charge in [0.25, 0.3) is 0 Å². The predicted molar refractivity (Wildman–Crippen MR) is 92.1 cm³/mol. The molecule has 0 unspecified atom stereocenters. The molecule has 0 atom stereocenters. The van der Waals surface area contributed by atoms with E-state index in [9.17, 15) is 14.7 Å². The van der Waals surface area contributed by atoms with Crippen LogP contribution in [0, 0.1) is 5.92 Å². The summed E-state index contributed by atoms with van der Waals surface area (Å²) < 4.78 is 0. The van der Waals surface area contributed by atoms with E-state index in [0.717, 1.165) is 12.8 Å². The number of urea groups is 1. The fraction of sp³-hybridized carbons (Fsp3) is 0.579. The lowest BCUT2D eigenvalue weighted by Crippen LogP contribution is -2.48. The van der Waals surface area contributed by atoms with Crippen LogP contribution in [0.1, 0.15) is 55.3 Å². The van der Waals surface area contributed by atoms with Crippen LogP contribution in [-0.4, -0.2) is 41.0 Å². The molecule has 2 aliphatic rings. The fourth-order valence-corrected chi connectivity index (χ4v) is 3.72. The first-order valence-electron chi connectivity index (χ1n) is 9.02. The van der Waals surface area contributed by atoms with E-state index in [1.54, 1.807) is 24.3 Å². The number of nitrogens with one attached hydrogen (secondary N) is 1. The maximum absolute atomic E-state index is 12.5. The van der Waals surface area contributed by atoms with E-state index >= 15 is 0 Å². The molecule has 5 nitrogen and oxygen atoms in total. The smallest absolute Gasteiger partial charge is 0.317 e. The van der Waals surface area contributed by atoms with Gasteiger partial charge in [-0.25, -0.2) is 4.79 Å². The Kier molecular flexibility index (Phi) is 5.38. The van der Waals surface area contributed by atoms with E-state index in [2.05, 4.69) is 5.32 Å². The Balaban J connectivity index is 1.48. The first-order chi connectivity index (χ1) is 11.6. The van der Waals surface area contributed by atoms with Crippen LogP contribution in [0.25, 0.3) is 0 Å². The number of ketones is 1. The zero-order chi connectivity index (χ0) is 16.9. The van der Waals surface area contributed by atoms with Crippen LogP contribution in [0.3, 0.4) is 0 Å². The predicted octanol–water partition coefficient (Wildman–Crippen LogP) is 3.33. The highest BCUT2D eigenvalue weighted by molar-refractivity contribution is 5.98. The van der Waals surface area contributed by atoms with Gasteiger partial charge < -0.3 is 15.3 Å². The van der Waals surface area contributed by atoms with Gasteiger partial charge in [0.1, 0.15) is 5.75 Å². The number of aromatic hydroxyl groups is 1. The van der Waals surface area contributed by atoms with Crippen molar-refractivity contribution >= 4 is 11.8 Å². The normalized spacial score (nSPS) is 19.9. The molecule has 2 N–H and O–H groups in total. The molecule has 1 aromatic rings. The molecule has 1 aromatic carbocycles. The van der Waals surface area contributed by atoms with E-state index in [4.69, 9.17) is 0 Å². The lowest BCUT2D eigenvalue weighted by molar-refractivity contribution is 0.0852. The highest BCUT2D eigenvalue weighted by Gasteiger charge is 2.28. The molecule has 2 amide bonds. The molecule has 0 radical (unpaired) electrons. The van der Waals surface area contributed by atoms with Crippen LogP contribution < -0.4 is 5.32 Å². The van der Waals surface area contributed by atoms with Crippen LogP contribution >= 0.6 is 0 Å². The molecule has 24 heavy (non-hydrogen) atoms. The van der Waals surface area contributed by atoms with Crippen LogP contribution in [0.4, 0.5) is 4.79 Å². The van der Waals surface area contributed by atoms with Gasteiger partial charge in [-0.2, -0.15) is 0 Å². The summed E-state index contributed by atoms with van der Waals surface area (Å²) in [6.45, 7) is 1.26. The van der Waals surface area contributed by atoms with Crippen LogP contribution in [0.15, 0.2) is 24.3 Å². The van der Waals surface area contributed by atoms with Crippen molar-refractivity contribution in [2.24, 2.45) is 5.92 Å². The molecule has 1 aliphatic heterocycles. The number of phenolic OH excluding ortho intramolecular Hbond substituents is 1. The SMILES string of the molecule is O=C(c1ccc(O)cc1)C1CCN(C(=O)NC2CCCCC2)CC1. The standard InChI is InChI=1S/C19H26N2O3/c22-17-8-6-14(7-9-17)18(23)15-10-12-21(13-11-15)19(24)20-16-4-2-1-3-5-16/h6-9,15-16,22H,1-5,10-13H2,(H,20,24). The van der Waals surface area contributed by atoms with Gasteiger partial charge in [0, 0.05) is 30.6 Å². The Morgan fingerprint density at radius 1 is 0.958 bits per heavy atom. The second kappa shape index (κ2) is 7.69.